The standard InChI is InChI=1S/C38H49N5O8/c1-25(2)18-20-42(34(45)24-43(21-19-35(46)47)36(48)30-17-16-29(50-6)22-32(30)51-7)23-33(44)38(4,5)41-28-14-12-27(13-15-28)39-37(49)40-31-11-9-8-10-26(31)3/h8-17,22,25,41H,18-21,23-24H2,1-7H3,(H,46,47)(H2,39,40,49). The van der Waals surface area contributed by atoms with Crippen molar-refractivity contribution in [1.29, 1.82) is 0 Å². The summed E-state index contributed by atoms with van der Waals surface area (Å²) in [5.41, 5.74) is 1.84. The summed E-state index contributed by atoms with van der Waals surface area (Å²) < 4.78 is 10.6. The minimum Gasteiger partial charge on any atom is -0.497 e. The number of hydrogen-bond donors (Lipinski definition) is 4. The van der Waals surface area contributed by atoms with Gasteiger partial charge in [-0.1, -0.05) is 32.0 Å². The summed E-state index contributed by atoms with van der Waals surface area (Å²) in [6.07, 6.45) is 0.221. The molecule has 0 bridgehead atoms. The van der Waals surface area contributed by atoms with Crippen LogP contribution in [-0.4, -0.2) is 90.4 Å². The highest BCUT2D eigenvalue weighted by Crippen LogP contribution is 2.26. The highest BCUT2D eigenvalue weighted by Gasteiger charge is 2.32. The topological polar surface area (TPSA) is 167 Å². The first-order chi connectivity index (χ1) is 24.1. The van der Waals surface area contributed by atoms with Gasteiger partial charge in [0.25, 0.3) is 5.91 Å². The number of methoxy groups -OCH3 is 2. The second kappa shape index (κ2) is 18.4. The van der Waals surface area contributed by atoms with Gasteiger partial charge in [0.05, 0.1) is 38.3 Å². The highest BCUT2D eigenvalue weighted by atomic mass is 16.5. The molecule has 0 radical (unpaired) electrons. The zero-order chi connectivity index (χ0) is 37.7. The van der Waals surface area contributed by atoms with Crippen molar-refractivity contribution in [3.63, 3.8) is 0 Å². The van der Waals surface area contributed by atoms with Crippen LogP contribution in [0.5, 0.6) is 11.5 Å². The summed E-state index contributed by atoms with van der Waals surface area (Å²) in [6.45, 7) is 8.67. The van der Waals surface area contributed by atoms with E-state index < -0.39 is 35.9 Å². The number of nitrogens with one attached hydrogen (secondary N) is 3. The molecule has 0 fully saturated rings. The first-order valence-electron chi connectivity index (χ1n) is 16.7. The molecule has 51 heavy (non-hydrogen) atoms. The van der Waals surface area contributed by atoms with Gasteiger partial charge < -0.3 is 40.3 Å². The number of nitrogens with zero attached hydrogens (tertiary/aromatic N) is 2. The van der Waals surface area contributed by atoms with Gasteiger partial charge in [0.1, 0.15) is 18.0 Å². The van der Waals surface area contributed by atoms with Gasteiger partial charge >= 0.3 is 12.0 Å². The number of amides is 4. The van der Waals surface area contributed by atoms with Crippen molar-refractivity contribution in [2.24, 2.45) is 5.92 Å². The summed E-state index contributed by atoms with van der Waals surface area (Å²) in [7, 11) is 2.87. The third kappa shape index (κ3) is 12.1. The molecule has 0 saturated carbocycles. The molecule has 0 heterocycles. The molecule has 274 valence electrons. The molecule has 0 aliphatic rings. The zero-order valence-corrected chi connectivity index (χ0v) is 30.4. The van der Waals surface area contributed by atoms with Gasteiger partial charge in [0.15, 0.2) is 5.78 Å². The first-order valence-corrected chi connectivity index (χ1v) is 16.7. The lowest BCUT2D eigenvalue weighted by Crippen LogP contribution is -2.50. The van der Waals surface area contributed by atoms with Crippen LogP contribution in [0.4, 0.5) is 21.9 Å². The van der Waals surface area contributed by atoms with Crippen LogP contribution in [0.25, 0.3) is 0 Å². The first kappa shape index (κ1) is 39.8. The largest absolute Gasteiger partial charge is 0.497 e. The van der Waals surface area contributed by atoms with Crippen LogP contribution in [0, 0.1) is 12.8 Å². The maximum atomic E-state index is 13.8. The lowest BCUT2D eigenvalue weighted by atomic mass is 9.97. The smallest absolute Gasteiger partial charge is 0.323 e. The van der Waals surface area contributed by atoms with Crippen molar-refractivity contribution < 1.29 is 38.6 Å². The number of benzene rings is 3. The Morgan fingerprint density at radius 3 is 2.10 bits per heavy atom. The molecule has 0 unspecified atom stereocenters. The minimum absolute atomic E-state index is 0.139. The van der Waals surface area contributed by atoms with Crippen molar-refractivity contribution in [3.8, 4) is 11.5 Å². The molecule has 4 amide bonds. The lowest BCUT2D eigenvalue weighted by Gasteiger charge is -2.32. The molecule has 0 aliphatic heterocycles. The molecule has 0 saturated heterocycles. The summed E-state index contributed by atoms with van der Waals surface area (Å²) in [5.74, 6) is -1.60. The van der Waals surface area contributed by atoms with Crippen molar-refractivity contribution in [2.75, 3.05) is 56.3 Å². The molecule has 13 nitrogen and oxygen atoms in total. The maximum absolute atomic E-state index is 13.8. The average molecular weight is 704 g/mol. The molecule has 3 aromatic rings. The number of hydrogen-bond acceptors (Lipinski definition) is 8. The highest BCUT2D eigenvalue weighted by molar-refractivity contribution is 6.01. The number of aliphatic carboxylic acids is 1. The van der Waals surface area contributed by atoms with Crippen LogP contribution < -0.4 is 25.4 Å². The molecular formula is C38H49N5O8. The van der Waals surface area contributed by atoms with E-state index in [-0.39, 0.29) is 49.1 Å². The van der Waals surface area contributed by atoms with Crippen LogP contribution in [0.3, 0.4) is 0 Å². The van der Waals surface area contributed by atoms with Crippen LogP contribution in [0.15, 0.2) is 66.7 Å². The van der Waals surface area contributed by atoms with E-state index in [9.17, 15) is 29.1 Å². The van der Waals surface area contributed by atoms with Crippen molar-refractivity contribution in [2.45, 2.75) is 53.0 Å². The number of Topliss-reactive ketones (excluding diaryl/α,β-unsaturated/α-hetero) is 1. The van der Waals surface area contributed by atoms with Gasteiger partial charge in [-0.25, -0.2) is 4.79 Å². The number of carbonyl (C=O) groups is 5. The summed E-state index contributed by atoms with van der Waals surface area (Å²) >= 11 is 0. The van der Waals surface area contributed by atoms with Gasteiger partial charge in [-0.3, -0.25) is 19.2 Å². The van der Waals surface area contributed by atoms with Gasteiger partial charge in [-0.15, -0.1) is 0 Å². The number of carboxylic acids is 1. The summed E-state index contributed by atoms with van der Waals surface area (Å²) in [6, 6.07) is 18.5. The fourth-order valence-corrected chi connectivity index (χ4v) is 5.03. The molecule has 4 N–H and O–H groups in total. The van der Waals surface area contributed by atoms with E-state index in [0.29, 0.717) is 29.2 Å². The molecule has 3 aromatic carbocycles. The van der Waals surface area contributed by atoms with Crippen LogP contribution in [0.2, 0.25) is 0 Å². The maximum Gasteiger partial charge on any atom is 0.323 e. The minimum atomic E-state index is -1.13. The van der Waals surface area contributed by atoms with Gasteiger partial charge in [-0.2, -0.15) is 0 Å². The summed E-state index contributed by atoms with van der Waals surface area (Å²) in [5, 5.41) is 18.2. The van der Waals surface area contributed by atoms with Crippen molar-refractivity contribution >= 4 is 46.7 Å². The van der Waals surface area contributed by atoms with Crippen LogP contribution >= 0.6 is 0 Å². The molecular weight excluding hydrogens is 654 g/mol. The van der Waals surface area contributed by atoms with Gasteiger partial charge in [0, 0.05) is 36.2 Å². The Kier molecular flexibility index (Phi) is 14.4. The predicted octanol–water partition coefficient (Wildman–Crippen LogP) is 5.91. The molecule has 0 spiro atoms. The van der Waals surface area contributed by atoms with Crippen molar-refractivity contribution in [3.05, 3.63) is 77.9 Å². The summed E-state index contributed by atoms with van der Waals surface area (Å²) in [4.78, 5) is 67.8. The fraction of sp³-hybridized carbons (Fsp3) is 0.395. The normalized spacial score (nSPS) is 11.0. The Balaban J connectivity index is 1.73. The third-order valence-corrected chi connectivity index (χ3v) is 8.20. The van der Waals surface area contributed by atoms with E-state index in [1.807, 2.05) is 45.0 Å². The number of urea groups is 1. The van der Waals surface area contributed by atoms with Crippen LogP contribution in [0.1, 0.15) is 56.5 Å². The quantitative estimate of drug-likeness (QED) is 0.126. The number of para-hydroxylation sites is 1. The zero-order valence-electron chi connectivity index (χ0n) is 30.4. The van der Waals surface area contributed by atoms with Crippen LogP contribution in [-0.2, 0) is 14.4 Å². The average Bonchev–Trinajstić information content (AvgIpc) is 3.09. The number of ketones is 1. The van der Waals surface area contributed by atoms with E-state index in [4.69, 9.17) is 9.47 Å². The number of aryl methyl sites for hydroxylation is 1. The van der Waals surface area contributed by atoms with Crippen molar-refractivity contribution in [1.82, 2.24) is 9.80 Å². The fourth-order valence-electron chi connectivity index (χ4n) is 5.03. The monoisotopic (exact) mass is 703 g/mol. The Labute approximate surface area is 299 Å². The lowest BCUT2D eigenvalue weighted by molar-refractivity contribution is -0.139. The van der Waals surface area contributed by atoms with E-state index in [1.54, 1.807) is 44.2 Å². The Morgan fingerprint density at radius 2 is 1.49 bits per heavy atom. The Hall–Kier alpha value is -5.59. The van der Waals surface area contributed by atoms with Gasteiger partial charge in [-0.05, 0) is 81.1 Å². The number of carbonyl (C=O) groups excluding carboxylic acids is 4. The second-order valence-corrected chi connectivity index (χ2v) is 13.1. The third-order valence-electron chi connectivity index (χ3n) is 8.20. The number of carboxylic acid groups (broad SMARTS) is 1. The van der Waals surface area contributed by atoms with Gasteiger partial charge in [0.2, 0.25) is 5.91 Å². The SMILES string of the molecule is COc1ccc(C(=O)N(CCC(=O)O)CC(=O)N(CCC(C)C)CC(=O)C(C)(C)Nc2ccc(NC(=O)Nc3ccccc3C)cc2)c(OC)c1. The molecule has 0 atom stereocenters. The number of anilines is 3. The molecule has 0 aromatic heterocycles. The molecule has 3 rings (SSSR count). The molecule has 13 heteroatoms. The number of ether oxygens (including phenoxy) is 2. The van der Waals surface area contributed by atoms with E-state index >= 15 is 0 Å². The molecule has 0 aliphatic carbocycles. The van der Waals surface area contributed by atoms with E-state index in [2.05, 4.69) is 16.0 Å². The number of rotatable bonds is 18. The Bertz CT molecular complexity index is 1690. The second-order valence-electron chi connectivity index (χ2n) is 13.1. The van der Waals surface area contributed by atoms with E-state index in [0.717, 1.165) is 10.5 Å². The predicted molar refractivity (Wildman–Crippen MR) is 197 cm³/mol. The Morgan fingerprint density at radius 1 is 0.824 bits per heavy atom. The van der Waals surface area contributed by atoms with E-state index in [1.165, 1.54) is 31.3 Å².